The summed E-state index contributed by atoms with van der Waals surface area (Å²) in [6.07, 6.45) is 10.0. The first-order chi connectivity index (χ1) is 12.6. The molecule has 4 heteroatoms. The maximum atomic E-state index is 6.11. The molecule has 0 aromatic rings. The molecule has 2 atom stereocenters. The predicted molar refractivity (Wildman–Crippen MR) is 111 cm³/mol. The van der Waals surface area contributed by atoms with E-state index in [1.165, 1.54) is 38.5 Å². The molecule has 26 heavy (non-hydrogen) atoms. The first-order valence-corrected chi connectivity index (χ1v) is 11.2. The Morgan fingerprint density at radius 2 is 1.31 bits per heavy atom. The van der Waals surface area contributed by atoms with Crippen molar-refractivity contribution in [2.24, 2.45) is 11.8 Å². The van der Waals surface area contributed by atoms with Crippen LogP contribution in [0.3, 0.4) is 0 Å². The van der Waals surface area contributed by atoms with Gasteiger partial charge in [-0.1, -0.05) is 59.3 Å². The molecule has 0 amide bonds. The second kappa shape index (κ2) is 17.0. The third-order valence-corrected chi connectivity index (χ3v) is 4.87. The number of ether oxygens (including phenoxy) is 3. The zero-order valence-electron chi connectivity index (χ0n) is 18.6. The molecule has 0 spiro atoms. The van der Waals surface area contributed by atoms with E-state index < -0.39 is 5.97 Å². The van der Waals surface area contributed by atoms with Crippen LogP contribution in [0, 0.1) is 11.8 Å². The minimum atomic E-state index is -0.887. The van der Waals surface area contributed by atoms with Crippen molar-refractivity contribution in [3.63, 3.8) is 0 Å². The normalized spacial score (nSPS) is 14.5. The average Bonchev–Trinajstić information content (AvgIpc) is 2.62. The quantitative estimate of drug-likeness (QED) is 0.231. The van der Waals surface area contributed by atoms with Crippen molar-refractivity contribution in [2.45, 2.75) is 98.9 Å². The van der Waals surface area contributed by atoms with Crippen LogP contribution in [-0.2, 0) is 14.2 Å². The fourth-order valence-corrected chi connectivity index (χ4v) is 3.65. The van der Waals surface area contributed by atoms with Crippen molar-refractivity contribution >= 4 is 0 Å². The van der Waals surface area contributed by atoms with Crippen molar-refractivity contribution < 1.29 is 14.2 Å². The summed E-state index contributed by atoms with van der Waals surface area (Å²) < 4.78 is 18.3. The second-order valence-corrected chi connectivity index (χ2v) is 7.30. The monoisotopic (exact) mass is 373 g/mol. The summed E-state index contributed by atoms with van der Waals surface area (Å²) in [4.78, 5) is 0. The fraction of sp³-hybridized carbons (Fsp3) is 1.00. The SMILES string of the molecule is CCCCCCCCC(CC(C)CNCC)C(OCC)(OCC)OCC. The Balaban J connectivity index is 4.96. The van der Waals surface area contributed by atoms with Gasteiger partial charge in [0.25, 0.3) is 5.97 Å². The van der Waals surface area contributed by atoms with Gasteiger partial charge in [0.15, 0.2) is 0 Å². The molecule has 158 valence electrons. The summed E-state index contributed by atoms with van der Waals surface area (Å²) in [7, 11) is 0. The van der Waals surface area contributed by atoms with E-state index in [9.17, 15) is 0 Å². The summed E-state index contributed by atoms with van der Waals surface area (Å²) in [5.41, 5.74) is 0. The molecule has 2 unspecified atom stereocenters. The van der Waals surface area contributed by atoms with Crippen LogP contribution in [0.15, 0.2) is 0 Å². The maximum absolute atomic E-state index is 6.11. The van der Waals surface area contributed by atoms with E-state index in [0.717, 1.165) is 25.9 Å². The highest BCUT2D eigenvalue weighted by Crippen LogP contribution is 2.35. The topological polar surface area (TPSA) is 39.7 Å². The molecule has 0 rings (SSSR count). The van der Waals surface area contributed by atoms with E-state index >= 15 is 0 Å². The van der Waals surface area contributed by atoms with Crippen molar-refractivity contribution in [3.05, 3.63) is 0 Å². The van der Waals surface area contributed by atoms with Gasteiger partial charge in [-0.3, -0.25) is 0 Å². The van der Waals surface area contributed by atoms with Gasteiger partial charge in [-0.15, -0.1) is 0 Å². The van der Waals surface area contributed by atoms with E-state index in [0.29, 0.717) is 25.7 Å². The Bertz CT molecular complexity index is 282. The highest BCUT2D eigenvalue weighted by molar-refractivity contribution is 4.76. The Kier molecular flexibility index (Phi) is 16.9. The zero-order valence-corrected chi connectivity index (χ0v) is 18.6. The third-order valence-electron chi connectivity index (χ3n) is 4.87. The predicted octanol–water partition coefficient (Wildman–Crippen LogP) is 5.75. The van der Waals surface area contributed by atoms with Crippen LogP contribution in [0.4, 0.5) is 0 Å². The largest absolute Gasteiger partial charge is 0.328 e. The molecular weight excluding hydrogens is 326 g/mol. The minimum Gasteiger partial charge on any atom is -0.328 e. The molecule has 0 bridgehead atoms. The van der Waals surface area contributed by atoms with Crippen LogP contribution in [0.25, 0.3) is 0 Å². The lowest BCUT2D eigenvalue weighted by molar-refractivity contribution is -0.404. The number of unbranched alkanes of at least 4 members (excludes halogenated alkanes) is 5. The van der Waals surface area contributed by atoms with Crippen molar-refractivity contribution in [2.75, 3.05) is 32.9 Å². The summed E-state index contributed by atoms with van der Waals surface area (Å²) in [5.74, 6) is -0.0507. The molecular formula is C22H47NO3. The molecule has 0 saturated heterocycles. The average molecular weight is 374 g/mol. The van der Waals surface area contributed by atoms with Gasteiger partial charge in [-0.05, 0) is 52.6 Å². The number of hydrogen-bond donors (Lipinski definition) is 1. The molecule has 0 aliphatic rings. The van der Waals surface area contributed by atoms with Crippen LogP contribution < -0.4 is 5.32 Å². The molecule has 4 nitrogen and oxygen atoms in total. The molecule has 0 fully saturated rings. The molecule has 0 aromatic carbocycles. The van der Waals surface area contributed by atoms with E-state index in [2.05, 4.69) is 26.1 Å². The Morgan fingerprint density at radius 1 is 0.769 bits per heavy atom. The first kappa shape index (κ1) is 25.8. The molecule has 0 aliphatic carbocycles. The van der Waals surface area contributed by atoms with E-state index in [1.54, 1.807) is 0 Å². The van der Waals surface area contributed by atoms with Gasteiger partial charge >= 0.3 is 0 Å². The molecule has 0 saturated carbocycles. The van der Waals surface area contributed by atoms with Gasteiger partial charge in [-0.2, -0.15) is 0 Å². The third kappa shape index (κ3) is 10.9. The summed E-state index contributed by atoms with van der Waals surface area (Å²) in [6, 6.07) is 0. The molecule has 0 aliphatic heterocycles. The van der Waals surface area contributed by atoms with Crippen LogP contribution in [0.2, 0.25) is 0 Å². The molecule has 1 N–H and O–H groups in total. The number of nitrogens with one attached hydrogen (secondary N) is 1. The zero-order chi connectivity index (χ0) is 19.7. The summed E-state index contributed by atoms with van der Waals surface area (Å²) in [6.45, 7) is 16.7. The molecule has 0 radical (unpaired) electrons. The first-order valence-electron chi connectivity index (χ1n) is 11.2. The van der Waals surface area contributed by atoms with Gasteiger partial charge < -0.3 is 19.5 Å². The lowest BCUT2D eigenvalue weighted by Crippen LogP contribution is -2.47. The highest BCUT2D eigenvalue weighted by atomic mass is 16.9. The van der Waals surface area contributed by atoms with Gasteiger partial charge in [0.1, 0.15) is 0 Å². The van der Waals surface area contributed by atoms with E-state index in [4.69, 9.17) is 14.2 Å². The Hall–Kier alpha value is -0.160. The molecule has 0 heterocycles. The standard InChI is InChI=1S/C22H47NO3/c1-7-12-13-14-15-16-17-21(18-20(6)19-23-8-2)22(24-9-3,25-10-4)26-11-5/h20-21,23H,7-19H2,1-6H3. The molecule has 0 aromatic heterocycles. The summed E-state index contributed by atoms with van der Waals surface area (Å²) in [5, 5.41) is 3.47. The Labute approximate surface area is 163 Å². The van der Waals surface area contributed by atoms with Gasteiger partial charge in [0.05, 0.1) is 0 Å². The van der Waals surface area contributed by atoms with Crippen molar-refractivity contribution in [3.8, 4) is 0 Å². The fourth-order valence-electron chi connectivity index (χ4n) is 3.65. The number of hydrogen-bond acceptors (Lipinski definition) is 4. The summed E-state index contributed by atoms with van der Waals surface area (Å²) >= 11 is 0. The second-order valence-electron chi connectivity index (χ2n) is 7.30. The van der Waals surface area contributed by atoms with Crippen LogP contribution >= 0.6 is 0 Å². The van der Waals surface area contributed by atoms with Gasteiger partial charge in [-0.25, -0.2) is 0 Å². The van der Waals surface area contributed by atoms with Crippen molar-refractivity contribution in [1.82, 2.24) is 5.32 Å². The highest BCUT2D eigenvalue weighted by Gasteiger charge is 2.42. The van der Waals surface area contributed by atoms with E-state index in [1.807, 2.05) is 20.8 Å². The lowest BCUT2D eigenvalue weighted by atomic mass is 9.88. The van der Waals surface area contributed by atoms with Gasteiger partial charge in [0.2, 0.25) is 0 Å². The van der Waals surface area contributed by atoms with Crippen LogP contribution in [-0.4, -0.2) is 38.9 Å². The lowest BCUT2D eigenvalue weighted by Gasteiger charge is -2.40. The van der Waals surface area contributed by atoms with Gasteiger partial charge in [0, 0.05) is 25.7 Å². The minimum absolute atomic E-state index is 0.266. The Morgan fingerprint density at radius 3 is 1.81 bits per heavy atom. The van der Waals surface area contributed by atoms with Crippen molar-refractivity contribution in [1.29, 1.82) is 0 Å². The number of rotatable bonds is 19. The maximum Gasteiger partial charge on any atom is 0.285 e. The van der Waals surface area contributed by atoms with E-state index in [-0.39, 0.29) is 5.92 Å². The van der Waals surface area contributed by atoms with Crippen LogP contribution in [0.5, 0.6) is 0 Å². The van der Waals surface area contributed by atoms with Crippen LogP contribution in [0.1, 0.15) is 92.9 Å². The smallest absolute Gasteiger partial charge is 0.285 e.